The Labute approximate surface area is 56.2 Å². The van der Waals surface area contributed by atoms with Crippen LogP contribution >= 0.6 is 0 Å². The Hall–Kier alpha value is -0.0800. The van der Waals surface area contributed by atoms with Crippen molar-refractivity contribution in [2.24, 2.45) is 5.92 Å². The van der Waals surface area contributed by atoms with Crippen molar-refractivity contribution in [3.8, 4) is 0 Å². The number of hydrogen-bond donors (Lipinski definition) is 1. The smallest absolute Gasteiger partial charge is 0.0235 e. The van der Waals surface area contributed by atoms with Gasteiger partial charge in [0.2, 0.25) is 0 Å². The minimum Gasteiger partial charge on any atom is -0.312 e. The largest absolute Gasteiger partial charge is 0.312 e. The third-order valence-corrected chi connectivity index (χ3v) is 2.60. The van der Waals surface area contributed by atoms with Crippen LogP contribution in [0.5, 0.6) is 0 Å². The lowest BCUT2D eigenvalue weighted by Crippen LogP contribution is -2.61. The summed E-state index contributed by atoms with van der Waals surface area (Å²) >= 11 is 0. The number of likely N-dealkylation sites (tertiary alicyclic amines) is 1. The molecule has 0 aliphatic carbocycles. The third-order valence-electron chi connectivity index (χ3n) is 2.60. The van der Waals surface area contributed by atoms with Crippen molar-refractivity contribution in [3.05, 3.63) is 0 Å². The van der Waals surface area contributed by atoms with Crippen LogP contribution in [0.1, 0.15) is 6.42 Å². The van der Waals surface area contributed by atoms with Gasteiger partial charge in [0.25, 0.3) is 0 Å². The first-order valence-corrected chi connectivity index (χ1v) is 3.78. The standard InChI is InChI=1S/C7H14N2/c1-9-3-2-6-4-8-7(6)5-9/h6-8H,2-5H2,1H3. The fraction of sp³-hybridized carbons (Fsp3) is 1.00. The first-order valence-electron chi connectivity index (χ1n) is 3.78. The molecule has 2 heteroatoms. The highest BCUT2D eigenvalue weighted by Crippen LogP contribution is 2.22. The summed E-state index contributed by atoms with van der Waals surface area (Å²) in [5.74, 6) is 1.01. The zero-order valence-electron chi connectivity index (χ0n) is 5.93. The van der Waals surface area contributed by atoms with Gasteiger partial charge in [0.05, 0.1) is 0 Å². The van der Waals surface area contributed by atoms with Crippen LogP contribution in [0.3, 0.4) is 0 Å². The van der Waals surface area contributed by atoms with E-state index in [1.54, 1.807) is 0 Å². The lowest BCUT2D eigenvalue weighted by molar-refractivity contribution is 0.103. The predicted molar refractivity (Wildman–Crippen MR) is 37.4 cm³/mol. The van der Waals surface area contributed by atoms with Gasteiger partial charge in [-0.15, -0.1) is 0 Å². The molecule has 2 aliphatic rings. The maximum absolute atomic E-state index is 3.44. The Morgan fingerprint density at radius 1 is 1.56 bits per heavy atom. The van der Waals surface area contributed by atoms with Crippen molar-refractivity contribution >= 4 is 0 Å². The highest BCUT2D eigenvalue weighted by molar-refractivity contribution is 4.93. The molecule has 2 rings (SSSR count). The summed E-state index contributed by atoms with van der Waals surface area (Å²) in [5.41, 5.74) is 0. The first-order chi connectivity index (χ1) is 4.36. The van der Waals surface area contributed by atoms with E-state index in [0.29, 0.717) is 0 Å². The topological polar surface area (TPSA) is 15.3 Å². The van der Waals surface area contributed by atoms with Crippen molar-refractivity contribution in [1.29, 1.82) is 0 Å². The van der Waals surface area contributed by atoms with Crippen molar-refractivity contribution < 1.29 is 0 Å². The molecule has 2 nitrogen and oxygen atoms in total. The summed E-state index contributed by atoms with van der Waals surface area (Å²) < 4.78 is 0. The van der Waals surface area contributed by atoms with Crippen LogP contribution in [0.4, 0.5) is 0 Å². The van der Waals surface area contributed by atoms with Gasteiger partial charge in [-0.2, -0.15) is 0 Å². The zero-order valence-corrected chi connectivity index (χ0v) is 5.93. The van der Waals surface area contributed by atoms with Gasteiger partial charge in [-0.25, -0.2) is 0 Å². The van der Waals surface area contributed by atoms with Gasteiger partial charge in [0.15, 0.2) is 0 Å². The van der Waals surface area contributed by atoms with Crippen molar-refractivity contribution in [3.63, 3.8) is 0 Å². The van der Waals surface area contributed by atoms with Crippen LogP contribution in [0.15, 0.2) is 0 Å². The maximum atomic E-state index is 3.44. The summed E-state index contributed by atoms with van der Waals surface area (Å²) in [7, 11) is 2.20. The van der Waals surface area contributed by atoms with E-state index >= 15 is 0 Å². The highest BCUT2D eigenvalue weighted by atomic mass is 15.2. The second kappa shape index (κ2) is 1.96. The Balaban J connectivity index is 1.92. The normalized spacial score (nSPS) is 43.7. The van der Waals surface area contributed by atoms with Crippen molar-refractivity contribution in [2.45, 2.75) is 12.5 Å². The van der Waals surface area contributed by atoms with Gasteiger partial charge in [-0.3, -0.25) is 0 Å². The molecule has 52 valence electrons. The maximum Gasteiger partial charge on any atom is 0.0235 e. The number of rotatable bonds is 0. The van der Waals surface area contributed by atoms with Crippen molar-refractivity contribution in [1.82, 2.24) is 10.2 Å². The number of likely N-dealkylation sites (N-methyl/N-ethyl adjacent to an activating group) is 1. The first kappa shape index (κ1) is 5.69. The lowest BCUT2D eigenvalue weighted by Gasteiger charge is -2.45. The van der Waals surface area contributed by atoms with Crippen LogP contribution in [0.2, 0.25) is 0 Å². The Bertz CT molecular complexity index is 113. The molecular formula is C7H14N2. The third kappa shape index (κ3) is 0.864. The average molecular weight is 126 g/mol. The summed E-state index contributed by atoms with van der Waals surface area (Å²) in [4.78, 5) is 2.41. The number of nitrogens with zero attached hydrogens (tertiary/aromatic N) is 1. The van der Waals surface area contributed by atoms with E-state index in [0.717, 1.165) is 12.0 Å². The predicted octanol–water partition coefficient (Wildman–Crippen LogP) is -0.0901. The van der Waals surface area contributed by atoms with Gasteiger partial charge >= 0.3 is 0 Å². The van der Waals surface area contributed by atoms with Gasteiger partial charge in [0.1, 0.15) is 0 Å². The van der Waals surface area contributed by atoms with Crippen LogP contribution in [0, 0.1) is 5.92 Å². The van der Waals surface area contributed by atoms with E-state index in [1.165, 1.54) is 26.1 Å². The lowest BCUT2D eigenvalue weighted by atomic mass is 9.85. The molecule has 9 heavy (non-hydrogen) atoms. The fourth-order valence-corrected chi connectivity index (χ4v) is 1.78. The Morgan fingerprint density at radius 3 is 2.89 bits per heavy atom. The minimum atomic E-state index is 0.837. The molecule has 0 bridgehead atoms. The van der Waals surface area contributed by atoms with Crippen LogP contribution in [0.25, 0.3) is 0 Å². The van der Waals surface area contributed by atoms with E-state index in [2.05, 4.69) is 17.3 Å². The molecule has 0 aromatic carbocycles. The van der Waals surface area contributed by atoms with Crippen LogP contribution in [-0.2, 0) is 0 Å². The molecule has 0 radical (unpaired) electrons. The van der Waals surface area contributed by atoms with E-state index in [9.17, 15) is 0 Å². The van der Waals surface area contributed by atoms with Gasteiger partial charge < -0.3 is 10.2 Å². The molecule has 0 saturated carbocycles. The highest BCUT2D eigenvalue weighted by Gasteiger charge is 2.33. The average Bonchev–Trinajstić information content (AvgIpc) is 1.78. The van der Waals surface area contributed by atoms with E-state index in [4.69, 9.17) is 0 Å². The Kier molecular flexibility index (Phi) is 1.24. The zero-order chi connectivity index (χ0) is 6.27. The fourth-order valence-electron chi connectivity index (χ4n) is 1.78. The molecule has 2 aliphatic heterocycles. The summed E-state index contributed by atoms with van der Waals surface area (Å²) in [6.45, 7) is 3.85. The monoisotopic (exact) mass is 126 g/mol. The van der Waals surface area contributed by atoms with Gasteiger partial charge in [-0.1, -0.05) is 0 Å². The molecule has 0 amide bonds. The molecular weight excluding hydrogens is 112 g/mol. The van der Waals surface area contributed by atoms with Crippen LogP contribution < -0.4 is 5.32 Å². The molecule has 2 atom stereocenters. The van der Waals surface area contributed by atoms with E-state index in [-0.39, 0.29) is 0 Å². The number of piperidine rings is 1. The van der Waals surface area contributed by atoms with Crippen LogP contribution in [-0.4, -0.2) is 37.6 Å². The molecule has 2 heterocycles. The van der Waals surface area contributed by atoms with Gasteiger partial charge in [-0.05, 0) is 32.5 Å². The van der Waals surface area contributed by atoms with E-state index < -0.39 is 0 Å². The second-order valence-electron chi connectivity index (χ2n) is 3.33. The van der Waals surface area contributed by atoms with Crippen molar-refractivity contribution in [2.75, 3.05) is 26.7 Å². The summed E-state index contributed by atoms with van der Waals surface area (Å²) in [6.07, 6.45) is 1.41. The minimum absolute atomic E-state index is 0.837. The molecule has 0 aromatic rings. The quantitative estimate of drug-likeness (QED) is 0.488. The summed E-state index contributed by atoms with van der Waals surface area (Å²) in [6, 6.07) is 0.837. The van der Waals surface area contributed by atoms with Gasteiger partial charge in [0, 0.05) is 12.6 Å². The molecule has 2 saturated heterocycles. The molecule has 2 unspecified atom stereocenters. The number of nitrogens with one attached hydrogen (secondary N) is 1. The molecule has 2 fully saturated rings. The van der Waals surface area contributed by atoms with E-state index in [1.807, 2.05) is 0 Å². The number of hydrogen-bond acceptors (Lipinski definition) is 2. The summed E-state index contributed by atoms with van der Waals surface area (Å²) in [5, 5.41) is 3.44. The second-order valence-corrected chi connectivity index (χ2v) is 3.33. The molecule has 0 spiro atoms. The number of fused-ring (bicyclic) bond motifs is 1. The SMILES string of the molecule is CN1CCC2CNC2C1. The molecule has 0 aromatic heterocycles. The Morgan fingerprint density at radius 2 is 2.44 bits per heavy atom. The molecule has 1 N–H and O–H groups in total.